The van der Waals surface area contributed by atoms with Gasteiger partial charge >= 0.3 is 10.4 Å². The Hall–Kier alpha value is -1.03. The summed E-state index contributed by atoms with van der Waals surface area (Å²) in [7, 11) is -5.03. The first kappa shape index (κ1) is 49.0. The molecule has 0 aromatic heterocycles. The van der Waals surface area contributed by atoms with Gasteiger partial charge in [-0.05, 0) is 80.5 Å². The Morgan fingerprint density at radius 2 is 1.52 bits per heavy atom. The summed E-state index contributed by atoms with van der Waals surface area (Å²) >= 11 is 0. The van der Waals surface area contributed by atoms with E-state index in [1.807, 2.05) is 0 Å². The van der Waals surface area contributed by atoms with Gasteiger partial charge in [0.1, 0.15) is 61.0 Å². The normalized spacial score (nSPS) is 55.8. The fourth-order valence-electron chi connectivity index (χ4n) is 14.0. The van der Waals surface area contributed by atoms with Crippen LogP contribution in [0.25, 0.3) is 0 Å². The molecule has 1 spiro atoms. The van der Waals surface area contributed by atoms with Crippen molar-refractivity contribution in [3.63, 3.8) is 0 Å². The minimum absolute atomic E-state index is 0.0133. The van der Waals surface area contributed by atoms with Crippen molar-refractivity contribution in [1.82, 2.24) is 0 Å². The second kappa shape index (κ2) is 18.0. The van der Waals surface area contributed by atoms with Crippen LogP contribution >= 0.6 is 0 Å². The summed E-state index contributed by atoms with van der Waals surface area (Å²) in [5.74, 6) is 1.12. The van der Waals surface area contributed by atoms with E-state index in [-0.39, 0.29) is 35.7 Å². The predicted molar refractivity (Wildman–Crippen MR) is 220 cm³/mol. The highest BCUT2D eigenvalue weighted by Gasteiger charge is 2.70. The molecule has 0 aromatic rings. The molecule has 8 fully saturated rings. The molecule has 65 heavy (non-hydrogen) atoms. The number of rotatable bonds is 9. The van der Waals surface area contributed by atoms with E-state index in [1.165, 1.54) is 0 Å². The average Bonchev–Trinajstić information content (AvgIpc) is 3.70. The highest BCUT2D eigenvalue weighted by atomic mass is 32.3. The van der Waals surface area contributed by atoms with Gasteiger partial charge in [0.25, 0.3) is 0 Å². The lowest BCUT2D eigenvalue weighted by atomic mass is 9.46. The van der Waals surface area contributed by atoms with Crippen LogP contribution in [0.1, 0.15) is 86.0 Å². The molecule has 4 aliphatic carbocycles. The van der Waals surface area contributed by atoms with Crippen LogP contribution in [0.3, 0.4) is 0 Å². The van der Waals surface area contributed by atoms with Crippen molar-refractivity contribution in [3.8, 4) is 0 Å². The molecule has 5 aliphatic heterocycles. The average molecular weight is 951 g/mol. The van der Waals surface area contributed by atoms with E-state index in [2.05, 4.69) is 38.0 Å². The molecule has 0 bridgehead atoms. The monoisotopic (exact) mass is 950 g/mol. The Labute approximate surface area is 379 Å². The van der Waals surface area contributed by atoms with Crippen molar-refractivity contribution in [1.29, 1.82) is 0 Å². The van der Waals surface area contributed by atoms with Crippen molar-refractivity contribution >= 4 is 10.4 Å². The van der Waals surface area contributed by atoms with Crippen LogP contribution in [0.2, 0.25) is 0 Å². The van der Waals surface area contributed by atoms with Crippen molar-refractivity contribution in [2.45, 2.75) is 196 Å². The maximum Gasteiger partial charge on any atom is 0.397 e. The molecule has 3 saturated carbocycles. The number of hydrogen-bond acceptors (Lipinski definition) is 19. The van der Waals surface area contributed by atoms with Crippen molar-refractivity contribution in [2.75, 3.05) is 19.8 Å². The van der Waals surface area contributed by atoms with Crippen LogP contribution in [0.4, 0.5) is 0 Å². The van der Waals surface area contributed by atoms with Crippen molar-refractivity contribution in [3.05, 3.63) is 11.6 Å². The molecule has 9 N–H and O–H groups in total. The van der Waals surface area contributed by atoms with Gasteiger partial charge in [-0.1, -0.05) is 39.3 Å². The quantitative estimate of drug-likeness (QED) is 0.105. The van der Waals surface area contributed by atoms with Gasteiger partial charge in [0.15, 0.2) is 24.7 Å². The molecule has 0 amide bonds. The van der Waals surface area contributed by atoms with E-state index < -0.39 is 133 Å². The standard InChI is InChI=1S/C44H70O20S/c1-18-8-11-44(57-16-18)19(2)30-26(63-44)14-25-23-7-6-21-12-22(59-40-37(52)34(49)32(47)27(15-45)60-40)13-29(43(21,5)24(23)9-10-42(25,30)4)61-41-38(35(50)31(46)20(3)58-41)62-39-36(51)33(48)28(17-56-39)64-65(53,54)55/h6,18-20,22-41,45-52H,7-17H2,1-5H3,(H,53,54,55)/t18-,19+,20+,22-,23-,24+,25+,26+,27-,28+,29-,30+,31+,32-,33+,34+,35-,36-,37-,38-,39+,40-,41+,42+,43+,44-/m1/s1. The smallest absolute Gasteiger partial charge is 0.394 e. The first-order valence-electron chi connectivity index (χ1n) is 23.5. The molecule has 9 rings (SSSR count). The van der Waals surface area contributed by atoms with Gasteiger partial charge in [0, 0.05) is 24.2 Å². The molecule has 9 aliphatic rings. The third-order valence-electron chi connectivity index (χ3n) is 17.6. The minimum atomic E-state index is -5.03. The van der Waals surface area contributed by atoms with E-state index in [4.69, 9.17) is 37.9 Å². The van der Waals surface area contributed by atoms with Crippen LogP contribution in [-0.2, 0) is 52.5 Å². The van der Waals surface area contributed by atoms with E-state index in [0.717, 1.165) is 44.1 Å². The lowest BCUT2D eigenvalue weighted by molar-refractivity contribution is -0.366. The Morgan fingerprint density at radius 1 is 0.785 bits per heavy atom. The summed E-state index contributed by atoms with van der Waals surface area (Å²) in [6, 6.07) is 0. The van der Waals surface area contributed by atoms with Gasteiger partial charge in [-0.2, -0.15) is 8.42 Å². The third-order valence-corrected chi connectivity index (χ3v) is 18.1. The largest absolute Gasteiger partial charge is 0.397 e. The number of aliphatic hydroxyl groups excluding tert-OH is 8. The molecule has 0 unspecified atom stereocenters. The molecule has 0 radical (unpaired) electrons. The molecular formula is C44H70O20S. The maximum absolute atomic E-state index is 11.6. The summed E-state index contributed by atoms with van der Waals surface area (Å²) < 4.78 is 87.1. The summed E-state index contributed by atoms with van der Waals surface area (Å²) in [5.41, 5.74) is 0.337. The van der Waals surface area contributed by atoms with Gasteiger partial charge < -0.3 is 78.7 Å². The SMILES string of the molecule is C[C@@H]1CC[C@@]2(OC1)O[C@H]1C[C@H]3[C@@H]4CC=C5C[C@@H](O[C@@H]6O[C@H](CO)[C@@H](O)[C@H](O)[C@H]6O)C[C@@H](O[C@@H]6O[C@@H](C)[C@H](O)[C@@H](O)[C@H]6O[C@@H]6OC[C@H](OS(=O)(=O)O)[C@H](O)[C@H]6O)[C@]5(C)[C@H]4CC[C@]3(C)[C@H]1[C@@H]2C. The number of fused-ring (bicyclic) bond motifs is 7. The molecule has 372 valence electrons. The fourth-order valence-corrected chi connectivity index (χ4v) is 14.5. The van der Waals surface area contributed by atoms with E-state index in [0.29, 0.717) is 30.8 Å². The van der Waals surface area contributed by atoms with Crippen LogP contribution < -0.4 is 0 Å². The van der Waals surface area contributed by atoms with Crippen LogP contribution in [0, 0.1) is 46.3 Å². The maximum atomic E-state index is 11.6. The topological polar surface area (TPSA) is 299 Å². The van der Waals surface area contributed by atoms with Crippen LogP contribution in [0.15, 0.2) is 11.6 Å². The Bertz CT molecular complexity index is 1850. The molecule has 26 atom stereocenters. The van der Waals surface area contributed by atoms with Gasteiger partial charge in [0.2, 0.25) is 0 Å². The molecular weight excluding hydrogens is 881 g/mol. The second-order valence-electron chi connectivity index (χ2n) is 21.2. The van der Waals surface area contributed by atoms with Crippen LogP contribution in [-0.4, -0.2) is 184 Å². The first-order valence-corrected chi connectivity index (χ1v) is 24.9. The second-order valence-corrected chi connectivity index (χ2v) is 22.2. The van der Waals surface area contributed by atoms with Crippen LogP contribution in [0.5, 0.6) is 0 Å². The third kappa shape index (κ3) is 8.40. The van der Waals surface area contributed by atoms with E-state index in [9.17, 15) is 53.8 Å². The number of ether oxygens (including phenoxy) is 8. The molecule has 0 aromatic carbocycles. The highest BCUT2D eigenvalue weighted by Crippen LogP contribution is 2.71. The summed E-state index contributed by atoms with van der Waals surface area (Å²) in [5, 5.41) is 86.4. The summed E-state index contributed by atoms with van der Waals surface area (Å²) in [6.07, 6.45) is -15.0. The minimum Gasteiger partial charge on any atom is -0.394 e. The fraction of sp³-hybridized carbons (Fsp3) is 0.955. The summed E-state index contributed by atoms with van der Waals surface area (Å²) in [6.45, 7) is 10.1. The van der Waals surface area contributed by atoms with Gasteiger partial charge in [-0.3, -0.25) is 4.55 Å². The Morgan fingerprint density at radius 3 is 2.22 bits per heavy atom. The van der Waals surface area contributed by atoms with Crippen molar-refractivity contribution in [2.24, 2.45) is 46.3 Å². The van der Waals surface area contributed by atoms with Gasteiger partial charge in [-0.15, -0.1) is 0 Å². The lowest BCUT2D eigenvalue weighted by Gasteiger charge is -2.61. The zero-order valence-electron chi connectivity index (χ0n) is 37.6. The highest BCUT2D eigenvalue weighted by molar-refractivity contribution is 7.80. The number of hydrogen-bond donors (Lipinski definition) is 9. The molecule has 5 heterocycles. The van der Waals surface area contributed by atoms with E-state index >= 15 is 0 Å². The van der Waals surface area contributed by atoms with E-state index in [1.54, 1.807) is 6.92 Å². The first-order chi connectivity index (χ1) is 30.6. The molecule has 20 nitrogen and oxygen atoms in total. The Balaban J connectivity index is 1.01. The predicted octanol–water partition coefficient (Wildman–Crippen LogP) is -0.349. The lowest BCUT2D eigenvalue weighted by Crippen LogP contribution is -2.64. The molecule has 5 saturated heterocycles. The zero-order valence-corrected chi connectivity index (χ0v) is 38.4. The number of allylic oxidation sites excluding steroid dienone is 1. The van der Waals surface area contributed by atoms with Gasteiger partial charge in [0.05, 0.1) is 44.2 Å². The molecule has 21 heteroatoms. The number of aliphatic hydroxyl groups is 8. The van der Waals surface area contributed by atoms with Gasteiger partial charge in [-0.25, -0.2) is 4.18 Å². The Kier molecular flexibility index (Phi) is 13.5. The zero-order chi connectivity index (χ0) is 46.7. The summed E-state index contributed by atoms with van der Waals surface area (Å²) in [4.78, 5) is 0. The van der Waals surface area contributed by atoms with Crippen molar-refractivity contribution < 1.29 is 95.9 Å².